The zero-order valence-electron chi connectivity index (χ0n) is 18.9. The lowest BCUT2D eigenvalue weighted by Crippen LogP contribution is -2.25. The fraction of sp³-hybridized carbons (Fsp3) is 0.148. The summed E-state index contributed by atoms with van der Waals surface area (Å²) in [6.07, 6.45) is 1.47. The maximum absolute atomic E-state index is 14.1. The predicted octanol–water partition coefficient (Wildman–Crippen LogP) is 4.79. The predicted molar refractivity (Wildman–Crippen MR) is 132 cm³/mol. The van der Waals surface area contributed by atoms with Crippen molar-refractivity contribution in [2.45, 2.75) is 26.9 Å². The van der Waals surface area contributed by atoms with E-state index in [-0.39, 0.29) is 23.5 Å². The number of hydrogen-bond donors (Lipinski definition) is 1. The molecule has 0 aliphatic heterocycles. The third-order valence-electron chi connectivity index (χ3n) is 6.16. The third-order valence-corrected chi connectivity index (χ3v) is 6.16. The highest BCUT2D eigenvalue weighted by Crippen LogP contribution is 2.27. The zero-order valence-corrected chi connectivity index (χ0v) is 18.9. The van der Waals surface area contributed by atoms with Crippen LogP contribution in [-0.4, -0.2) is 20.0 Å². The van der Waals surface area contributed by atoms with E-state index >= 15 is 0 Å². The van der Waals surface area contributed by atoms with Gasteiger partial charge in [-0.15, -0.1) is 0 Å². The molecule has 0 radical (unpaired) electrons. The molecule has 0 saturated heterocycles. The number of amides is 1. The van der Waals surface area contributed by atoms with E-state index in [2.05, 4.69) is 10.3 Å². The first kappa shape index (κ1) is 21.6. The third kappa shape index (κ3) is 3.85. The average Bonchev–Trinajstić information content (AvgIpc) is 3.12. The summed E-state index contributed by atoms with van der Waals surface area (Å²) in [5.74, 6) is -0.712. The summed E-state index contributed by atoms with van der Waals surface area (Å²) in [5, 5.41) is 3.44. The van der Waals surface area contributed by atoms with Crippen molar-refractivity contribution in [2.75, 3.05) is 5.32 Å². The molecule has 0 aliphatic carbocycles. The molecule has 3 aromatic carbocycles. The largest absolute Gasteiger partial charge is 0.325 e. The van der Waals surface area contributed by atoms with Gasteiger partial charge in [-0.2, -0.15) is 0 Å². The van der Waals surface area contributed by atoms with Gasteiger partial charge in [0, 0.05) is 11.1 Å². The van der Waals surface area contributed by atoms with Gasteiger partial charge in [-0.3, -0.25) is 14.2 Å². The van der Waals surface area contributed by atoms with Gasteiger partial charge in [0.1, 0.15) is 23.4 Å². The number of fused-ring (bicyclic) bond motifs is 3. The van der Waals surface area contributed by atoms with E-state index in [4.69, 9.17) is 0 Å². The molecular weight excluding hydrogens is 431 g/mol. The molecule has 0 fully saturated rings. The Morgan fingerprint density at radius 1 is 1.03 bits per heavy atom. The Morgan fingerprint density at radius 3 is 2.62 bits per heavy atom. The van der Waals surface area contributed by atoms with Crippen LogP contribution in [0.15, 0.2) is 77.9 Å². The first-order valence-electron chi connectivity index (χ1n) is 11.0. The monoisotopic (exact) mass is 454 g/mol. The van der Waals surface area contributed by atoms with Crippen molar-refractivity contribution < 1.29 is 9.18 Å². The molecule has 0 atom stereocenters. The van der Waals surface area contributed by atoms with Crippen LogP contribution < -0.4 is 10.9 Å². The molecule has 170 valence electrons. The molecule has 2 aromatic heterocycles. The Bertz CT molecular complexity index is 1600. The SMILES string of the molecule is Cc1cccc(NC(=O)Cn2c3ccc(F)cc3c3ncn(Cc4ccccc4)c(=O)c32)c1C. The number of nitrogens with zero attached hydrogens (tertiary/aromatic N) is 3. The maximum atomic E-state index is 14.1. The molecule has 1 N–H and O–H groups in total. The standard InChI is InChI=1S/C27H23FN4O2/c1-17-7-6-10-22(18(17)2)30-24(33)15-32-23-12-11-20(28)13-21(23)25-26(32)27(34)31(16-29-25)14-19-8-4-3-5-9-19/h3-13,16H,14-15H2,1-2H3,(H,30,33). The first-order chi connectivity index (χ1) is 16.4. The van der Waals surface area contributed by atoms with Gasteiger partial charge in [0.2, 0.25) is 5.91 Å². The molecule has 0 unspecified atom stereocenters. The van der Waals surface area contributed by atoms with Crippen LogP contribution in [0.25, 0.3) is 21.9 Å². The molecular formula is C27H23FN4O2. The second-order valence-corrected chi connectivity index (χ2v) is 8.40. The molecule has 0 aliphatic rings. The van der Waals surface area contributed by atoms with Crippen LogP contribution >= 0.6 is 0 Å². The molecule has 0 bridgehead atoms. The highest BCUT2D eigenvalue weighted by Gasteiger charge is 2.19. The number of benzene rings is 3. The van der Waals surface area contributed by atoms with Crippen molar-refractivity contribution in [3.05, 3.63) is 106 Å². The van der Waals surface area contributed by atoms with Crippen LogP contribution in [0.2, 0.25) is 0 Å². The average molecular weight is 455 g/mol. The van der Waals surface area contributed by atoms with Crippen molar-refractivity contribution in [3.8, 4) is 0 Å². The minimum atomic E-state index is -0.429. The second-order valence-electron chi connectivity index (χ2n) is 8.40. The van der Waals surface area contributed by atoms with E-state index in [0.29, 0.717) is 23.0 Å². The number of carbonyl (C=O) groups excluding carboxylic acids is 1. The van der Waals surface area contributed by atoms with Crippen LogP contribution in [0.1, 0.15) is 16.7 Å². The van der Waals surface area contributed by atoms with Gasteiger partial charge >= 0.3 is 0 Å². The molecule has 0 spiro atoms. The van der Waals surface area contributed by atoms with Gasteiger partial charge in [-0.25, -0.2) is 9.37 Å². The maximum Gasteiger partial charge on any atom is 0.278 e. The highest BCUT2D eigenvalue weighted by molar-refractivity contribution is 6.06. The number of hydrogen-bond acceptors (Lipinski definition) is 3. The Morgan fingerprint density at radius 2 is 1.82 bits per heavy atom. The first-order valence-corrected chi connectivity index (χ1v) is 11.0. The second kappa shape index (κ2) is 8.59. The summed E-state index contributed by atoms with van der Waals surface area (Å²) in [6.45, 7) is 4.16. The van der Waals surface area contributed by atoms with Crippen molar-refractivity contribution >= 4 is 33.5 Å². The topological polar surface area (TPSA) is 68.9 Å². The summed E-state index contributed by atoms with van der Waals surface area (Å²) in [7, 11) is 0. The van der Waals surface area contributed by atoms with E-state index < -0.39 is 5.82 Å². The summed E-state index contributed by atoms with van der Waals surface area (Å²) in [6, 6.07) is 19.5. The van der Waals surface area contributed by atoms with Gasteiger partial charge in [0.05, 0.1) is 18.4 Å². The van der Waals surface area contributed by atoms with Gasteiger partial charge in [0.15, 0.2) is 0 Å². The van der Waals surface area contributed by atoms with Gasteiger partial charge < -0.3 is 9.88 Å². The van der Waals surface area contributed by atoms with Crippen molar-refractivity contribution in [1.29, 1.82) is 0 Å². The number of carbonyl (C=O) groups is 1. The number of nitrogens with one attached hydrogen (secondary N) is 1. The smallest absolute Gasteiger partial charge is 0.278 e. The molecule has 5 aromatic rings. The Kier molecular flexibility index (Phi) is 5.45. The zero-order chi connectivity index (χ0) is 23.8. The molecule has 1 amide bonds. The summed E-state index contributed by atoms with van der Waals surface area (Å²) in [5.41, 5.74) is 4.66. The fourth-order valence-corrected chi connectivity index (χ4v) is 4.25. The Labute approximate surface area is 195 Å². The van der Waals surface area contributed by atoms with Gasteiger partial charge in [-0.05, 0) is 54.8 Å². The lowest BCUT2D eigenvalue weighted by Gasteiger charge is -2.12. The molecule has 2 heterocycles. The number of anilines is 1. The van der Waals surface area contributed by atoms with Gasteiger partial charge in [-0.1, -0.05) is 42.5 Å². The van der Waals surface area contributed by atoms with Crippen LogP contribution in [0, 0.1) is 19.7 Å². The number of aryl methyl sites for hydroxylation is 1. The molecule has 6 nitrogen and oxygen atoms in total. The lowest BCUT2D eigenvalue weighted by atomic mass is 10.1. The van der Waals surface area contributed by atoms with Crippen molar-refractivity contribution in [1.82, 2.24) is 14.1 Å². The number of aromatic nitrogens is 3. The Hall–Kier alpha value is -4.26. The van der Waals surface area contributed by atoms with Crippen LogP contribution in [0.4, 0.5) is 10.1 Å². The molecule has 5 rings (SSSR count). The molecule has 0 saturated carbocycles. The van der Waals surface area contributed by atoms with Crippen LogP contribution in [0.3, 0.4) is 0 Å². The van der Waals surface area contributed by atoms with E-state index in [9.17, 15) is 14.0 Å². The lowest BCUT2D eigenvalue weighted by molar-refractivity contribution is -0.116. The van der Waals surface area contributed by atoms with E-state index in [0.717, 1.165) is 22.4 Å². The van der Waals surface area contributed by atoms with Crippen LogP contribution in [0.5, 0.6) is 0 Å². The minimum Gasteiger partial charge on any atom is -0.325 e. The van der Waals surface area contributed by atoms with E-state index in [1.165, 1.54) is 23.0 Å². The van der Waals surface area contributed by atoms with E-state index in [1.807, 2.05) is 62.4 Å². The fourth-order valence-electron chi connectivity index (χ4n) is 4.25. The van der Waals surface area contributed by atoms with Crippen molar-refractivity contribution in [2.24, 2.45) is 0 Å². The van der Waals surface area contributed by atoms with E-state index in [1.54, 1.807) is 10.6 Å². The Balaban J connectivity index is 1.61. The van der Waals surface area contributed by atoms with Gasteiger partial charge in [0.25, 0.3) is 5.56 Å². The normalized spacial score (nSPS) is 11.3. The molecule has 7 heteroatoms. The summed E-state index contributed by atoms with van der Waals surface area (Å²) in [4.78, 5) is 31.1. The molecule has 34 heavy (non-hydrogen) atoms. The summed E-state index contributed by atoms with van der Waals surface area (Å²) < 4.78 is 17.2. The quantitative estimate of drug-likeness (QED) is 0.415. The number of halogens is 1. The minimum absolute atomic E-state index is 0.106. The summed E-state index contributed by atoms with van der Waals surface area (Å²) >= 11 is 0. The highest BCUT2D eigenvalue weighted by atomic mass is 19.1. The van der Waals surface area contributed by atoms with Crippen molar-refractivity contribution in [3.63, 3.8) is 0 Å². The number of rotatable bonds is 5. The van der Waals surface area contributed by atoms with Crippen LogP contribution in [-0.2, 0) is 17.9 Å².